The van der Waals surface area contributed by atoms with Gasteiger partial charge in [-0.25, -0.2) is 0 Å². The summed E-state index contributed by atoms with van der Waals surface area (Å²) in [4.78, 5) is 12.1. The number of aryl methyl sites for hydroxylation is 1. The summed E-state index contributed by atoms with van der Waals surface area (Å²) in [6, 6.07) is 15.6. The largest absolute Gasteiger partial charge is 0.494 e. The first-order valence-electron chi connectivity index (χ1n) is 8.52. The summed E-state index contributed by atoms with van der Waals surface area (Å²) >= 11 is 0. The van der Waals surface area contributed by atoms with Gasteiger partial charge in [-0.15, -0.1) is 0 Å². The molecule has 0 aliphatic rings. The summed E-state index contributed by atoms with van der Waals surface area (Å²) in [5.41, 5.74) is 2.97. The van der Waals surface area contributed by atoms with E-state index < -0.39 is 0 Å². The summed E-state index contributed by atoms with van der Waals surface area (Å²) in [6.45, 7) is 4.96. The fourth-order valence-corrected chi connectivity index (χ4v) is 2.31. The third kappa shape index (κ3) is 5.58. The highest BCUT2D eigenvalue weighted by Crippen LogP contribution is 2.16. The number of carbonyl (C=O) groups excluding carboxylic acids is 1. The Labute approximate surface area is 144 Å². The maximum absolute atomic E-state index is 12.1. The van der Waals surface area contributed by atoms with Crippen LogP contribution in [-0.4, -0.2) is 12.5 Å². The molecule has 2 aromatic rings. The van der Waals surface area contributed by atoms with E-state index in [1.54, 1.807) is 12.2 Å². The zero-order valence-corrected chi connectivity index (χ0v) is 14.4. The predicted octanol–water partition coefficient (Wildman–Crippen LogP) is 5.08. The average Bonchev–Trinajstić information content (AvgIpc) is 2.62. The molecule has 0 aliphatic carbocycles. The maximum Gasteiger partial charge on any atom is 0.248 e. The smallest absolute Gasteiger partial charge is 0.248 e. The van der Waals surface area contributed by atoms with Crippen LogP contribution in [0.15, 0.2) is 54.6 Å². The van der Waals surface area contributed by atoms with Crippen LogP contribution in [0.3, 0.4) is 0 Å². The average molecular weight is 323 g/mol. The van der Waals surface area contributed by atoms with Crippen molar-refractivity contribution in [1.29, 1.82) is 0 Å². The summed E-state index contributed by atoms with van der Waals surface area (Å²) < 4.78 is 5.63. The first kappa shape index (κ1) is 17.8. The number of nitrogens with one attached hydrogen (secondary N) is 1. The second-order valence-electron chi connectivity index (χ2n) is 5.60. The molecule has 0 saturated carbocycles. The molecule has 24 heavy (non-hydrogen) atoms. The van der Waals surface area contributed by atoms with Crippen molar-refractivity contribution in [2.75, 3.05) is 11.9 Å². The number of anilines is 1. The normalized spacial score (nSPS) is 10.8. The quantitative estimate of drug-likeness (QED) is 0.543. The molecule has 0 fully saturated rings. The summed E-state index contributed by atoms with van der Waals surface area (Å²) in [6.07, 6.45) is 6.43. The monoisotopic (exact) mass is 323 g/mol. The van der Waals surface area contributed by atoms with E-state index in [2.05, 4.69) is 19.2 Å². The lowest BCUT2D eigenvalue weighted by molar-refractivity contribution is -0.111. The van der Waals surface area contributed by atoms with Gasteiger partial charge in [0.2, 0.25) is 5.91 Å². The minimum atomic E-state index is -0.126. The minimum absolute atomic E-state index is 0.126. The van der Waals surface area contributed by atoms with Crippen molar-refractivity contribution in [3.8, 4) is 5.75 Å². The van der Waals surface area contributed by atoms with Crippen molar-refractivity contribution >= 4 is 17.7 Å². The van der Waals surface area contributed by atoms with Crippen molar-refractivity contribution < 1.29 is 9.53 Å². The van der Waals surface area contributed by atoms with Gasteiger partial charge in [0.1, 0.15) is 5.75 Å². The van der Waals surface area contributed by atoms with Gasteiger partial charge in [-0.1, -0.05) is 50.6 Å². The van der Waals surface area contributed by atoms with Crippen molar-refractivity contribution in [2.24, 2.45) is 0 Å². The van der Waals surface area contributed by atoms with Crippen LogP contribution >= 0.6 is 0 Å². The van der Waals surface area contributed by atoms with E-state index in [-0.39, 0.29) is 5.91 Å². The van der Waals surface area contributed by atoms with Gasteiger partial charge in [0.05, 0.1) is 6.61 Å². The van der Waals surface area contributed by atoms with Crippen molar-refractivity contribution in [2.45, 2.75) is 33.1 Å². The number of hydrogen-bond donors (Lipinski definition) is 1. The van der Waals surface area contributed by atoms with Gasteiger partial charge < -0.3 is 10.1 Å². The number of para-hydroxylation sites is 1. The summed E-state index contributed by atoms with van der Waals surface area (Å²) in [7, 11) is 0. The van der Waals surface area contributed by atoms with Crippen LogP contribution < -0.4 is 10.1 Å². The molecule has 0 radical (unpaired) electrons. The van der Waals surface area contributed by atoms with E-state index >= 15 is 0 Å². The minimum Gasteiger partial charge on any atom is -0.494 e. The van der Waals surface area contributed by atoms with Crippen LogP contribution in [0.25, 0.3) is 6.08 Å². The second-order valence-corrected chi connectivity index (χ2v) is 5.60. The molecule has 0 spiro atoms. The number of hydrogen-bond acceptors (Lipinski definition) is 2. The zero-order chi connectivity index (χ0) is 17.2. The molecule has 0 bridgehead atoms. The molecule has 3 nitrogen and oxygen atoms in total. The number of unbranched alkanes of at least 4 members (excludes halogenated alkanes) is 1. The molecule has 1 N–H and O–H groups in total. The molecule has 3 heteroatoms. The first-order chi connectivity index (χ1) is 11.7. The molecular formula is C21H25NO2. The Balaban J connectivity index is 1.91. The highest BCUT2D eigenvalue weighted by Gasteiger charge is 2.02. The Kier molecular flexibility index (Phi) is 7.09. The Bertz CT molecular complexity index is 674. The van der Waals surface area contributed by atoms with Gasteiger partial charge in [-0.3, -0.25) is 4.79 Å². The lowest BCUT2D eigenvalue weighted by atomic mass is 10.1. The Morgan fingerprint density at radius 1 is 1.08 bits per heavy atom. The lowest BCUT2D eigenvalue weighted by Gasteiger charge is -2.07. The fraction of sp³-hybridized carbons (Fsp3) is 0.286. The van der Waals surface area contributed by atoms with Gasteiger partial charge in [0.25, 0.3) is 0 Å². The van der Waals surface area contributed by atoms with E-state index in [1.165, 1.54) is 0 Å². The second kappa shape index (κ2) is 9.56. The van der Waals surface area contributed by atoms with Crippen LogP contribution in [-0.2, 0) is 11.2 Å². The van der Waals surface area contributed by atoms with E-state index in [1.807, 2.05) is 48.5 Å². The Hall–Kier alpha value is -2.55. The standard InChI is InChI=1S/C21H25NO2/c1-3-5-16-24-19-13-10-17(11-14-19)12-15-21(23)22-20-9-7-6-8-18(20)4-2/h6-15H,3-5,16H2,1-2H3,(H,22,23)/b15-12+. The third-order valence-corrected chi connectivity index (χ3v) is 3.73. The first-order valence-corrected chi connectivity index (χ1v) is 8.52. The zero-order valence-electron chi connectivity index (χ0n) is 14.4. The molecule has 0 aliphatic heterocycles. The molecule has 0 saturated heterocycles. The van der Waals surface area contributed by atoms with Crippen LogP contribution in [0.4, 0.5) is 5.69 Å². The lowest BCUT2D eigenvalue weighted by Crippen LogP contribution is -2.09. The molecule has 1 amide bonds. The maximum atomic E-state index is 12.1. The topological polar surface area (TPSA) is 38.3 Å². The summed E-state index contributed by atoms with van der Waals surface area (Å²) in [5.74, 6) is 0.737. The number of benzene rings is 2. The van der Waals surface area contributed by atoms with Crippen LogP contribution in [0.2, 0.25) is 0 Å². The van der Waals surface area contributed by atoms with Crippen molar-refractivity contribution in [1.82, 2.24) is 0 Å². The summed E-state index contributed by atoms with van der Waals surface area (Å²) in [5, 5.41) is 2.93. The van der Waals surface area contributed by atoms with Crippen LogP contribution in [0, 0.1) is 0 Å². The Morgan fingerprint density at radius 2 is 1.83 bits per heavy atom. The van der Waals surface area contributed by atoms with E-state index in [4.69, 9.17) is 4.74 Å². The van der Waals surface area contributed by atoms with Crippen molar-refractivity contribution in [3.05, 3.63) is 65.7 Å². The number of ether oxygens (including phenoxy) is 1. The molecule has 0 atom stereocenters. The highest BCUT2D eigenvalue weighted by molar-refractivity contribution is 6.02. The SMILES string of the molecule is CCCCOc1ccc(/C=C/C(=O)Nc2ccccc2CC)cc1. The van der Waals surface area contributed by atoms with E-state index in [9.17, 15) is 4.79 Å². The molecule has 0 heterocycles. The highest BCUT2D eigenvalue weighted by atomic mass is 16.5. The van der Waals surface area contributed by atoms with Gasteiger partial charge in [-0.2, -0.15) is 0 Å². The van der Waals surface area contributed by atoms with Gasteiger partial charge >= 0.3 is 0 Å². The molecular weight excluding hydrogens is 298 g/mol. The molecule has 2 aromatic carbocycles. The van der Waals surface area contributed by atoms with Crippen molar-refractivity contribution in [3.63, 3.8) is 0 Å². The van der Waals surface area contributed by atoms with Gasteiger partial charge in [0, 0.05) is 11.8 Å². The number of rotatable bonds is 8. The van der Waals surface area contributed by atoms with Crippen LogP contribution in [0.1, 0.15) is 37.8 Å². The molecule has 126 valence electrons. The van der Waals surface area contributed by atoms with E-state index in [0.717, 1.165) is 48.4 Å². The van der Waals surface area contributed by atoms with Crippen LogP contribution in [0.5, 0.6) is 5.75 Å². The van der Waals surface area contributed by atoms with Gasteiger partial charge in [-0.05, 0) is 48.2 Å². The van der Waals surface area contributed by atoms with E-state index in [0.29, 0.717) is 0 Å². The number of amides is 1. The predicted molar refractivity (Wildman–Crippen MR) is 100 cm³/mol. The van der Waals surface area contributed by atoms with Gasteiger partial charge in [0.15, 0.2) is 0 Å². The number of carbonyl (C=O) groups is 1. The molecule has 2 rings (SSSR count). The molecule has 0 aromatic heterocycles. The molecule has 0 unspecified atom stereocenters. The Morgan fingerprint density at radius 3 is 2.54 bits per heavy atom. The third-order valence-electron chi connectivity index (χ3n) is 3.73. The fourth-order valence-electron chi connectivity index (χ4n) is 2.31.